The average Bonchev–Trinajstić information content (AvgIpc) is 3.10. The Morgan fingerprint density at radius 1 is 1.25 bits per heavy atom. The number of hydrogen-bond donors (Lipinski definition) is 0. The van der Waals surface area contributed by atoms with Crippen molar-refractivity contribution >= 4 is 11.6 Å². The summed E-state index contributed by atoms with van der Waals surface area (Å²) in [5, 5.41) is 4.86. The van der Waals surface area contributed by atoms with Crippen molar-refractivity contribution < 1.29 is 0 Å². The molecule has 0 bridgehead atoms. The Kier molecular flexibility index (Phi) is 3.74. The van der Waals surface area contributed by atoms with Gasteiger partial charge in [0.1, 0.15) is 5.15 Å². The van der Waals surface area contributed by atoms with Crippen molar-refractivity contribution in [3.8, 4) is 11.4 Å². The summed E-state index contributed by atoms with van der Waals surface area (Å²) >= 11 is 6.17. The van der Waals surface area contributed by atoms with E-state index in [9.17, 15) is 0 Å². The molecule has 0 radical (unpaired) electrons. The van der Waals surface area contributed by atoms with Crippen LogP contribution in [0.25, 0.3) is 11.4 Å². The maximum Gasteiger partial charge on any atom is 0.164 e. The molecule has 2 aromatic rings. The van der Waals surface area contributed by atoms with E-state index < -0.39 is 0 Å². The number of hydrogen-bond acceptors (Lipinski definition) is 3. The first-order valence-electron chi connectivity index (χ1n) is 7.22. The normalized spacial score (nSPS) is 16.2. The van der Waals surface area contributed by atoms with Crippen LogP contribution < -0.4 is 0 Å². The number of aromatic nitrogens is 4. The first-order chi connectivity index (χ1) is 9.63. The third-order valence-electron chi connectivity index (χ3n) is 3.88. The molecule has 3 rings (SSSR count). The zero-order valence-corrected chi connectivity index (χ0v) is 12.6. The van der Waals surface area contributed by atoms with Crippen LogP contribution in [0.5, 0.6) is 0 Å². The van der Waals surface area contributed by atoms with Crippen molar-refractivity contribution in [3.63, 3.8) is 0 Å². The lowest BCUT2D eigenvalue weighted by Crippen LogP contribution is -2.01. The summed E-state index contributed by atoms with van der Waals surface area (Å²) in [5.74, 6) is 1.22. The van der Waals surface area contributed by atoms with Crippen molar-refractivity contribution in [2.24, 2.45) is 0 Å². The Labute approximate surface area is 124 Å². The molecule has 0 amide bonds. The van der Waals surface area contributed by atoms with Crippen molar-refractivity contribution in [3.05, 3.63) is 29.3 Å². The summed E-state index contributed by atoms with van der Waals surface area (Å²) in [6.07, 6.45) is 8.77. The first kappa shape index (κ1) is 13.6. The second-order valence-electron chi connectivity index (χ2n) is 5.72. The SMILES string of the molecule is CC(C)n1cc(-c2nc(Cl)cc(C3CCCC3)n2)cn1. The highest BCUT2D eigenvalue weighted by Gasteiger charge is 2.20. The Balaban J connectivity index is 1.95. The van der Waals surface area contributed by atoms with Gasteiger partial charge < -0.3 is 0 Å². The van der Waals surface area contributed by atoms with Gasteiger partial charge in [0.05, 0.1) is 11.8 Å². The molecule has 0 N–H and O–H groups in total. The lowest BCUT2D eigenvalue weighted by Gasteiger charge is -2.09. The standard InChI is InChI=1S/C15H19ClN4/c1-10(2)20-9-12(8-17-20)15-18-13(7-14(16)19-15)11-5-3-4-6-11/h7-11H,3-6H2,1-2H3. The van der Waals surface area contributed by atoms with Crippen LogP contribution >= 0.6 is 11.6 Å². The third-order valence-corrected chi connectivity index (χ3v) is 4.07. The average molecular weight is 291 g/mol. The van der Waals surface area contributed by atoms with Gasteiger partial charge in [0.15, 0.2) is 5.82 Å². The fraction of sp³-hybridized carbons (Fsp3) is 0.533. The van der Waals surface area contributed by atoms with E-state index in [2.05, 4.69) is 23.9 Å². The van der Waals surface area contributed by atoms with Gasteiger partial charge in [-0.2, -0.15) is 5.10 Å². The number of halogens is 1. The molecule has 0 aliphatic heterocycles. The Morgan fingerprint density at radius 3 is 2.65 bits per heavy atom. The van der Waals surface area contributed by atoms with Crippen LogP contribution in [0.3, 0.4) is 0 Å². The third kappa shape index (κ3) is 2.70. The Hall–Kier alpha value is -1.42. The predicted molar refractivity (Wildman–Crippen MR) is 79.9 cm³/mol. The molecule has 1 saturated carbocycles. The van der Waals surface area contributed by atoms with Gasteiger partial charge in [-0.25, -0.2) is 9.97 Å². The lowest BCUT2D eigenvalue weighted by atomic mass is 10.0. The van der Waals surface area contributed by atoms with Gasteiger partial charge >= 0.3 is 0 Å². The summed E-state index contributed by atoms with van der Waals surface area (Å²) in [6.45, 7) is 4.19. The van der Waals surface area contributed by atoms with E-state index in [1.807, 2.05) is 23.1 Å². The molecule has 1 fully saturated rings. The molecule has 0 spiro atoms. The zero-order valence-electron chi connectivity index (χ0n) is 11.9. The zero-order chi connectivity index (χ0) is 14.1. The second-order valence-corrected chi connectivity index (χ2v) is 6.11. The highest BCUT2D eigenvalue weighted by molar-refractivity contribution is 6.29. The van der Waals surface area contributed by atoms with Crippen molar-refractivity contribution in [1.29, 1.82) is 0 Å². The lowest BCUT2D eigenvalue weighted by molar-refractivity contribution is 0.532. The Morgan fingerprint density at radius 2 is 2.00 bits per heavy atom. The summed E-state index contributed by atoms with van der Waals surface area (Å²) in [5.41, 5.74) is 2.01. The minimum atomic E-state index is 0.331. The molecule has 1 aliphatic carbocycles. The van der Waals surface area contributed by atoms with E-state index in [-0.39, 0.29) is 0 Å². The summed E-state index contributed by atoms with van der Waals surface area (Å²) in [7, 11) is 0. The molecule has 5 heteroatoms. The Bertz CT molecular complexity index is 600. The fourth-order valence-electron chi connectivity index (χ4n) is 2.73. The number of rotatable bonds is 3. The van der Waals surface area contributed by atoms with Gasteiger partial charge in [-0.05, 0) is 32.8 Å². The smallest absolute Gasteiger partial charge is 0.164 e. The maximum absolute atomic E-state index is 6.17. The van der Waals surface area contributed by atoms with Crippen LogP contribution in [-0.2, 0) is 0 Å². The second kappa shape index (κ2) is 5.52. The van der Waals surface area contributed by atoms with Crippen LogP contribution in [-0.4, -0.2) is 19.7 Å². The summed E-state index contributed by atoms with van der Waals surface area (Å²) in [6, 6.07) is 2.24. The van der Waals surface area contributed by atoms with Gasteiger partial charge in [0, 0.05) is 23.9 Å². The van der Waals surface area contributed by atoms with Crippen molar-refractivity contribution in [2.45, 2.75) is 51.5 Å². The molecule has 0 saturated heterocycles. The molecular formula is C15H19ClN4. The van der Waals surface area contributed by atoms with Gasteiger partial charge in [-0.1, -0.05) is 24.4 Å². The molecule has 0 atom stereocenters. The molecule has 0 unspecified atom stereocenters. The predicted octanol–water partition coefficient (Wildman–Crippen LogP) is 4.23. The van der Waals surface area contributed by atoms with Crippen LogP contribution in [0.1, 0.15) is 57.2 Å². The van der Waals surface area contributed by atoms with E-state index in [1.54, 1.807) is 0 Å². The van der Waals surface area contributed by atoms with E-state index in [4.69, 9.17) is 16.6 Å². The van der Waals surface area contributed by atoms with Gasteiger partial charge in [-0.15, -0.1) is 0 Å². The van der Waals surface area contributed by atoms with E-state index in [1.165, 1.54) is 25.7 Å². The van der Waals surface area contributed by atoms with Crippen LogP contribution in [0.4, 0.5) is 0 Å². The fourth-order valence-corrected chi connectivity index (χ4v) is 2.92. The van der Waals surface area contributed by atoms with Crippen LogP contribution in [0.15, 0.2) is 18.5 Å². The quantitative estimate of drug-likeness (QED) is 0.795. The van der Waals surface area contributed by atoms with Crippen LogP contribution in [0, 0.1) is 0 Å². The maximum atomic E-state index is 6.17. The van der Waals surface area contributed by atoms with E-state index in [0.29, 0.717) is 22.9 Å². The minimum Gasteiger partial charge on any atom is -0.270 e. The van der Waals surface area contributed by atoms with Gasteiger partial charge in [0.25, 0.3) is 0 Å². The van der Waals surface area contributed by atoms with Crippen LogP contribution in [0.2, 0.25) is 5.15 Å². The monoisotopic (exact) mass is 290 g/mol. The highest BCUT2D eigenvalue weighted by Crippen LogP contribution is 2.34. The van der Waals surface area contributed by atoms with Crippen molar-refractivity contribution in [2.75, 3.05) is 0 Å². The molecular weight excluding hydrogens is 272 g/mol. The van der Waals surface area contributed by atoms with E-state index in [0.717, 1.165) is 11.3 Å². The topological polar surface area (TPSA) is 43.6 Å². The summed E-state index contributed by atoms with van der Waals surface area (Å²) < 4.78 is 1.91. The summed E-state index contributed by atoms with van der Waals surface area (Å²) in [4.78, 5) is 9.06. The first-order valence-corrected chi connectivity index (χ1v) is 7.60. The molecule has 106 valence electrons. The molecule has 2 aromatic heterocycles. The number of nitrogens with zero attached hydrogens (tertiary/aromatic N) is 4. The largest absolute Gasteiger partial charge is 0.270 e. The highest BCUT2D eigenvalue weighted by atomic mass is 35.5. The van der Waals surface area contributed by atoms with Gasteiger partial charge in [0.2, 0.25) is 0 Å². The minimum absolute atomic E-state index is 0.331. The molecule has 20 heavy (non-hydrogen) atoms. The molecule has 2 heterocycles. The molecule has 4 nitrogen and oxygen atoms in total. The van der Waals surface area contributed by atoms with Crippen molar-refractivity contribution in [1.82, 2.24) is 19.7 Å². The van der Waals surface area contributed by atoms with Gasteiger partial charge in [-0.3, -0.25) is 4.68 Å². The molecule has 1 aliphatic rings. The molecule has 0 aromatic carbocycles. The van der Waals surface area contributed by atoms with E-state index >= 15 is 0 Å².